The number of ketones is 1. The van der Waals surface area contributed by atoms with Crippen molar-refractivity contribution in [3.8, 4) is 0 Å². The van der Waals surface area contributed by atoms with Crippen molar-refractivity contribution >= 4 is 32.8 Å². The van der Waals surface area contributed by atoms with Crippen LogP contribution in [0.15, 0.2) is 11.6 Å². The highest BCUT2D eigenvalue weighted by Crippen LogP contribution is 2.23. The van der Waals surface area contributed by atoms with E-state index in [1.807, 2.05) is 0 Å². The Hall–Kier alpha value is -0.960. The van der Waals surface area contributed by atoms with E-state index in [0.29, 0.717) is 0 Å². The standard InChI is InChI=1S/C10H14F3NO3S2/c1-19(16,17)6-2-3-7(4-5-8(14)18)9(15)10(11,12)13/h3H,2,4-6H2,1H3,(H2,14,18)/b7-3-. The van der Waals surface area contributed by atoms with Crippen LogP contribution in [0, 0.1) is 0 Å². The van der Waals surface area contributed by atoms with Gasteiger partial charge in [-0.1, -0.05) is 18.3 Å². The fourth-order valence-electron chi connectivity index (χ4n) is 1.20. The first-order chi connectivity index (χ1) is 8.43. The molecular formula is C10H14F3NO3S2. The number of carbonyl (C=O) groups is 1. The monoisotopic (exact) mass is 317 g/mol. The molecule has 0 radical (unpaired) electrons. The number of nitrogens with two attached hydrogens (primary N) is 1. The quantitative estimate of drug-likeness (QED) is 0.569. The molecule has 0 fully saturated rings. The van der Waals surface area contributed by atoms with Crippen LogP contribution in [0.3, 0.4) is 0 Å². The van der Waals surface area contributed by atoms with Crippen LogP contribution in [0.4, 0.5) is 13.2 Å². The first kappa shape index (κ1) is 18.0. The molecule has 9 heteroatoms. The summed E-state index contributed by atoms with van der Waals surface area (Å²) in [7, 11) is -3.30. The van der Waals surface area contributed by atoms with Gasteiger partial charge in [0.2, 0.25) is 0 Å². The van der Waals surface area contributed by atoms with E-state index in [9.17, 15) is 26.4 Å². The zero-order chi connectivity index (χ0) is 15.3. The maximum Gasteiger partial charge on any atom is 0.454 e. The minimum absolute atomic E-state index is 0.0102. The molecule has 0 aromatic heterocycles. The van der Waals surface area contributed by atoms with Crippen LogP contribution >= 0.6 is 12.2 Å². The molecular weight excluding hydrogens is 303 g/mol. The highest BCUT2D eigenvalue weighted by atomic mass is 32.2. The van der Waals surface area contributed by atoms with Gasteiger partial charge in [0.05, 0.1) is 10.7 Å². The van der Waals surface area contributed by atoms with Gasteiger partial charge in [-0.3, -0.25) is 4.79 Å². The zero-order valence-corrected chi connectivity index (χ0v) is 11.8. The minimum atomic E-state index is -4.99. The molecule has 0 aliphatic rings. The molecule has 0 unspecified atom stereocenters. The summed E-state index contributed by atoms with van der Waals surface area (Å²) >= 11 is 4.53. The second kappa shape index (κ2) is 6.99. The third-order valence-electron chi connectivity index (χ3n) is 2.07. The molecule has 0 rings (SSSR count). The lowest BCUT2D eigenvalue weighted by atomic mass is 10.0. The number of sulfone groups is 1. The lowest BCUT2D eigenvalue weighted by Crippen LogP contribution is -2.25. The fraction of sp³-hybridized carbons (Fsp3) is 0.600. The van der Waals surface area contributed by atoms with Gasteiger partial charge in [-0.05, 0) is 12.8 Å². The SMILES string of the molecule is CS(=O)(=O)CC/C=C(/CCC(N)=S)C(=O)C(F)(F)F. The Morgan fingerprint density at radius 2 is 1.84 bits per heavy atom. The molecule has 0 spiro atoms. The fourth-order valence-corrected chi connectivity index (χ4v) is 1.84. The maximum atomic E-state index is 12.3. The summed E-state index contributed by atoms with van der Waals surface area (Å²) in [5.41, 5.74) is 4.65. The van der Waals surface area contributed by atoms with Crippen LogP contribution in [0.5, 0.6) is 0 Å². The Morgan fingerprint density at radius 3 is 2.21 bits per heavy atom. The smallest absolute Gasteiger partial charge is 0.393 e. The Kier molecular flexibility index (Phi) is 6.64. The van der Waals surface area contributed by atoms with Crippen LogP contribution < -0.4 is 5.73 Å². The van der Waals surface area contributed by atoms with Gasteiger partial charge in [-0.25, -0.2) is 8.42 Å². The van der Waals surface area contributed by atoms with E-state index in [-0.39, 0.29) is 30.0 Å². The van der Waals surface area contributed by atoms with Crippen molar-refractivity contribution in [3.63, 3.8) is 0 Å². The molecule has 110 valence electrons. The molecule has 0 aromatic rings. The number of hydrogen-bond acceptors (Lipinski definition) is 4. The number of allylic oxidation sites excluding steroid dienone is 2. The van der Waals surface area contributed by atoms with E-state index < -0.39 is 27.4 Å². The summed E-state index contributed by atoms with van der Waals surface area (Å²) in [6.07, 6.45) is -3.50. The van der Waals surface area contributed by atoms with Crippen molar-refractivity contribution in [1.82, 2.24) is 0 Å². The second-order valence-electron chi connectivity index (χ2n) is 3.94. The predicted octanol–water partition coefficient (Wildman–Crippen LogP) is 1.55. The number of Topliss-reactive ketones (excluding diaryl/α,β-unsaturated/α-hetero) is 1. The minimum Gasteiger partial charge on any atom is -0.393 e. The van der Waals surface area contributed by atoms with Crippen molar-refractivity contribution in [2.24, 2.45) is 5.73 Å². The Morgan fingerprint density at radius 1 is 1.32 bits per heavy atom. The number of alkyl halides is 3. The Bertz CT molecular complexity index is 481. The van der Waals surface area contributed by atoms with Crippen molar-refractivity contribution in [2.45, 2.75) is 25.4 Å². The van der Waals surface area contributed by atoms with Crippen LogP contribution in [-0.4, -0.2) is 37.4 Å². The lowest BCUT2D eigenvalue weighted by Gasteiger charge is -2.09. The largest absolute Gasteiger partial charge is 0.454 e. The van der Waals surface area contributed by atoms with Gasteiger partial charge in [0, 0.05) is 18.2 Å². The Balaban J connectivity index is 4.90. The molecule has 0 aromatic carbocycles. The average Bonchev–Trinajstić information content (AvgIpc) is 2.18. The molecule has 0 amide bonds. The highest BCUT2D eigenvalue weighted by molar-refractivity contribution is 7.90. The number of hydrogen-bond donors (Lipinski definition) is 1. The summed E-state index contributed by atoms with van der Waals surface area (Å²) < 4.78 is 58.7. The van der Waals surface area contributed by atoms with Gasteiger partial charge < -0.3 is 5.73 Å². The first-order valence-electron chi connectivity index (χ1n) is 5.20. The van der Waals surface area contributed by atoms with Crippen LogP contribution in [0.25, 0.3) is 0 Å². The molecule has 0 saturated carbocycles. The summed E-state index contributed by atoms with van der Waals surface area (Å²) in [5.74, 6) is -2.31. The zero-order valence-electron chi connectivity index (χ0n) is 10.2. The summed E-state index contributed by atoms with van der Waals surface area (Å²) in [6.45, 7) is 0. The van der Waals surface area contributed by atoms with Crippen molar-refractivity contribution in [3.05, 3.63) is 11.6 Å². The number of halogens is 3. The summed E-state index contributed by atoms with van der Waals surface area (Å²) in [4.78, 5) is 11.1. The number of rotatable bonds is 7. The Labute approximate surface area is 114 Å². The van der Waals surface area contributed by atoms with Crippen LogP contribution in [0.2, 0.25) is 0 Å². The van der Waals surface area contributed by atoms with Gasteiger partial charge in [0.15, 0.2) is 0 Å². The van der Waals surface area contributed by atoms with E-state index in [1.54, 1.807) is 0 Å². The number of thiocarbonyl (C=S) groups is 1. The average molecular weight is 317 g/mol. The molecule has 0 atom stereocenters. The van der Waals surface area contributed by atoms with E-state index in [0.717, 1.165) is 12.3 Å². The molecule has 19 heavy (non-hydrogen) atoms. The van der Waals surface area contributed by atoms with Gasteiger partial charge in [0.1, 0.15) is 9.84 Å². The molecule has 0 heterocycles. The third kappa shape index (κ3) is 8.71. The number of carbonyl (C=O) groups excluding carboxylic acids is 1. The molecule has 0 bridgehead atoms. The molecule has 4 nitrogen and oxygen atoms in total. The predicted molar refractivity (Wildman–Crippen MR) is 69.5 cm³/mol. The third-order valence-corrected chi connectivity index (χ3v) is 3.25. The van der Waals surface area contributed by atoms with Crippen molar-refractivity contribution in [1.29, 1.82) is 0 Å². The van der Waals surface area contributed by atoms with Crippen LogP contribution in [0.1, 0.15) is 19.3 Å². The maximum absolute atomic E-state index is 12.3. The highest BCUT2D eigenvalue weighted by Gasteiger charge is 2.40. The molecule has 0 saturated heterocycles. The van der Waals surface area contributed by atoms with Gasteiger partial charge in [0.25, 0.3) is 5.78 Å². The van der Waals surface area contributed by atoms with E-state index >= 15 is 0 Å². The van der Waals surface area contributed by atoms with Gasteiger partial charge in [-0.2, -0.15) is 13.2 Å². The lowest BCUT2D eigenvalue weighted by molar-refractivity contribution is -0.166. The van der Waals surface area contributed by atoms with Gasteiger partial charge >= 0.3 is 6.18 Å². The summed E-state index contributed by atoms with van der Waals surface area (Å²) in [5, 5.41) is 0. The molecule has 0 aliphatic carbocycles. The van der Waals surface area contributed by atoms with E-state index in [4.69, 9.17) is 5.73 Å². The second-order valence-corrected chi connectivity index (χ2v) is 6.73. The topological polar surface area (TPSA) is 77.2 Å². The van der Waals surface area contributed by atoms with Crippen LogP contribution in [-0.2, 0) is 14.6 Å². The van der Waals surface area contributed by atoms with E-state index in [1.165, 1.54) is 0 Å². The van der Waals surface area contributed by atoms with Crippen molar-refractivity contribution in [2.75, 3.05) is 12.0 Å². The molecule has 0 aliphatic heterocycles. The summed E-state index contributed by atoms with van der Waals surface area (Å²) in [6, 6.07) is 0. The van der Waals surface area contributed by atoms with Gasteiger partial charge in [-0.15, -0.1) is 0 Å². The molecule has 2 N–H and O–H groups in total. The van der Waals surface area contributed by atoms with E-state index in [2.05, 4.69) is 12.2 Å². The van der Waals surface area contributed by atoms with Crippen molar-refractivity contribution < 1.29 is 26.4 Å². The first-order valence-corrected chi connectivity index (χ1v) is 7.67. The normalized spacial score (nSPS) is 13.4.